The Labute approximate surface area is 185 Å². The van der Waals surface area contributed by atoms with Crippen LogP contribution in [-0.2, 0) is 16.6 Å². The second-order valence-electron chi connectivity index (χ2n) is 7.71. The Balaban J connectivity index is 1.21. The SMILES string of the molecule is Cc1ccc(S(=O)(=O)N2CCN(Cc3csc(-c4ccc5c(c4)OCO5)n3)CC2)cc1. The number of rotatable bonds is 5. The van der Waals surface area contributed by atoms with Gasteiger partial charge in [-0.2, -0.15) is 4.31 Å². The molecule has 0 spiro atoms. The van der Waals surface area contributed by atoms with Crippen LogP contribution in [0.4, 0.5) is 0 Å². The molecule has 162 valence electrons. The number of sulfonamides is 1. The van der Waals surface area contributed by atoms with Crippen LogP contribution in [0.25, 0.3) is 10.6 Å². The van der Waals surface area contributed by atoms with E-state index in [9.17, 15) is 8.42 Å². The molecule has 2 aliphatic rings. The summed E-state index contributed by atoms with van der Waals surface area (Å²) >= 11 is 1.60. The van der Waals surface area contributed by atoms with Crippen LogP contribution in [0.15, 0.2) is 52.7 Å². The Morgan fingerprint density at radius 2 is 1.74 bits per heavy atom. The van der Waals surface area contributed by atoms with Gasteiger partial charge in [0.15, 0.2) is 11.5 Å². The van der Waals surface area contributed by atoms with Gasteiger partial charge in [0, 0.05) is 43.7 Å². The van der Waals surface area contributed by atoms with E-state index in [0.717, 1.165) is 33.3 Å². The van der Waals surface area contributed by atoms with E-state index in [-0.39, 0.29) is 6.79 Å². The van der Waals surface area contributed by atoms with Crippen LogP contribution in [-0.4, -0.2) is 55.6 Å². The summed E-state index contributed by atoms with van der Waals surface area (Å²) in [5.41, 5.74) is 3.05. The molecular weight excluding hydrogens is 434 g/mol. The zero-order valence-corrected chi connectivity index (χ0v) is 18.8. The van der Waals surface area contributed by atoms with Crippen molar-refractivity contribution >= 4 is 21.4 Å². The number of hydrogen-bond acceptors (Lipinski definition) is 7. The molecule has 0 bridgehead atoms. The van der Waals surface area contributed by atoms with Crippen LogP contribution in [0, 0.1) is 6.92 Å². The van der Waals surface area contributed by atoms with Crippen molar-refractivity contribution in [2.24, 2.45) is 0 Å². The standard InChI is InChI=1S/C22H23N3O4S2/c1-16-2-5-19(6-3-16)31(26,27)25-10-8-24(9-11-25)13-18-14-30-22(23-18)17-4-7-20-21(12-17)29-15-28-20/h2-7,12,14H,8-11,13,15H2,1H3. The minimum Gasteiger partial charge on any atom is -0.454 e. The maximum Gasteiger partial charge on any atom is 0.243 e. The van der Waals surface area contributed by atoms with Gasteiger partial charge in [-0.15, -0.1) is 11.3 Å². The average molecular weight is 458 g/mol. The smallest absolute Gasteiger partial charge is 0.243 e. The van der Waals surface area contributed by atoms with Gasteiger partial charge >= 0.3 is 0 Å². The molecule has 0 unspecified atom stereocenters. The number of hydrogen-bond donors (Lipinski definition) is 0. The van der Waals surface area contributed by atoms with Gasteiger partial charge < -0.3 is 9.47 Å². The van der Waals surface area contributed by atoms with Gasteiger partial charge in [0.25, 0.3) is 0 Å². The Kier molecular flexibility index (Phi) is 5.43. The lowest BCUT2D eigenvalue weighted by atomic mass is 10.2. The molecule has 2 aromatic carbocycles. The molecule has 1 saturated heterocycles. The first-order valence-corrected chi connectivity index (χ1v) is 12.4. The number of fused-ring (bicyclic) bond motifs is 1. The van der Waals surface area contributed by atoms with E-state index < -0.39 is 10.0 Å². The topological polar surface area (TPSA) is 72.0 Å². The summed E-state index contributed by atoms with van der Waals surface area (Å²) in [5.74, 6) is 1.51. The summed E-state index contributed by atoms with van der Waals surface area (Å²) in [6.45, 7) is 5.24. The van der Waals surface area contributed by atoms with Gasteiger partial charge in [-0.1, -0.05) is 17.7 Å². The lowest BCUT2D eigenvalue weighted by molar-refractivity contribution is 0.174. The first-order valence-electron chi connectivity index (χ1n) is 10.1. The fraction of sp³-hybridized carbons (Fsp3) is 0.318. The zero-order valence-electron chi connectivity index (χ0n) is 17.2. The van der Waals surface area contributed by atoms with Crippen LogP contribution in [0.3, 0.4) is 0 Å². The Morgan fingerprint density at radius 1 is 1.00 bits per heavy atom. The fourth-order valence-electron chi connectivity index (χ4n) is 3.76. The van der Waals surface area contributed by atoms with Gasteiger partial charge in [0.2, 0.25) is 16.8 Å². The van der Waals surface area contributed by atoms with Crippen molar-refractivity contribution < 1.29 is 17.9 Å². The molecule has 0 atom stereocenters. The van der Waals surface area contributed by atoms with Crippen molar-refractivity contribution in [3.05, 3.63) is 59.1 Å². The van der Waals surface area contributed by atoms with E-state index >= 15 is 0 Å². The van der Waals surface area contributed by atoms with Gasteiger partial charge in [-0.05, 0) is 37.3 Å². The molecule has 31 heavy (non-hydrogen) atoms. The van der Waals surface area contributed by atoms with E-state index in [2.05, 4.69) is 10.3 Å². The molecule has 5 rings (SSSR count). The Bertz CT molecular complexity index is 1180. The molecule has 7 nitrogen and oxygen atoms in total. The molecule has 3 heterocycles. The number of ether oxygens (including phenoxy) is 2. The fourth-order valence-corrected chi connectivity index (χ4v) is 5.99. The monoisotopic (exact) mass is 457 g/mol. The van der Waals surface area contributed by atoms with Crippen LogP contribution < -0.4 is 9.47 Å². The van der Waals surface area contributed by atoms with Crippen molar-refractivity contribution in [2.75, 3.05) is 33.0 Å². The average Bonchev–Trinajstić information content (AvgIpc) is 3.43. The summed E-state index contributed by atoms with van der Waals surface area (Å²) in [5, 5.41) is 3.00. The van der Waals surface area contributed by atoms with E-state index in [1.165, 1.54) is 0 Å². The van der Waals surface area contributed by atoms with Crippen LogP contribution >= 0.6 is 11.3 Å². The third-order valence-corrected chi connectivity index (χ3v) is 8.40. The van der Waals surface area contributed by atoms with Crippen molar-refractivity contribution in [3.63, 3.8) is 0 Å². The summed E-state index contributed by atoms with van der Waals surface area (Å²) in [4.78, 5) is 7.38. The molecule has 0 radical (unpaired) electrons. The first kappa shape index (κ1) is 20.4. The molecule has 0 aliphatic carbocycles. The number of aromatic nitrogens is 1. The van der Waals surface area contributed by atoms with Gasteiger partial charge in [-0.3, -0.25) is 4.90 Å². The number of thiazole rings is 1. The molecule has 9 heteroatoms. The predicted octanol–water partition coefficient (Wildman–Crippen LogP) is 3.35. The number of piperazine rings is 1. The van der Waals surface area contributed by atoms with Gasteiger partial charge in [0.1, 0.15) is 5.01 Å². The van der Waals surface area contributed by atoms with Crippen molar-refractivity contribution in [1.82, 2.24) is 14.2 Å². The largest absolute Gasteiger partial charge is 0.454 e. The van der Waals surface area contributed by atoms with E-state index in [4.69, 9.17) is 14.5 Å². The van der Waals surface area contributed by atoms with Crippen molar-refractivity contribution in [2.45, 2.75) is 18.4 Å². The second-order valence-corrected chi connectivity index (χ2v) is 10.5. The molecule has 1 aromatic heterocycles. The molecule has 2 aliphatic heterocycles. The minimum atomic E-state index is -3.44. The number of nitrogens with zero attached hydrogens (tertiary/aromatic N) is 3. The van der Waals surface area contributed by atoms with E-state index in [1.54, 1.807) is 27.8 Å². The van der Waals surface area contributed by atoms with Crippen molar-refractivity contribution in [1.29, 1.82) is 0 Å². The zero-order chi connectivity index (χ0) is 21.4. The summed E-state index contributed by atoms with van der Waals surface area (Å²) in [6, 6.07) is 12.9. The Morgan fingerprint density at radius 3 is 2.52 bits per heavy atom. The second kappa shape index (κ2) is 8.23. The maximum absolute atomic E-state index is 12.9. The highest BCUT2D eigenvalue weighted by Crippen LogP contribution is 2.36. The summed E-state index contributed by atoms with van der Waals surface area (Å²) in [6.07, 6.45) is 0. The highest BCUT2D eigenvalue weighted by Gasteiger charge is 2.28. The Hall–Kier alpha value is -2.46. The normalized spacial score (nSPS) is 17.2. The number of benzene rings is 2. The van der Waals surface area contributed by atoms with Gasteiger partial charge in [0.05, 0.1) is 10.6 Å². The predicted molar refractivity (Wildman–Crippen MR) is 119 cm³/mol. The number of aryl methyl sites for hydroxylation is 1. The third kappa shape index (κ3) is 4.18. The molecule has 3 aromatic rings. The molecular formula is C22H23N3O4S2. The van der Waals surface area contributed by atoms with Crippen LogP contribution in [0.5, 0.6) is 11.5 Å². The molecule has 0 saturated carbocycles. The lowest BCUT2D eigenvalue weighted by Crippen LogP contribution is -2.48. The molecule has 0 amide bonds. The minimum absolute atomic E-state index is 0.257. The van der Waals surface area contributed by atoms with Crippen LogP contribution in [0.2, 0.25) is 0 Å². The summed E-state index contributed by atoms with van der Waals surface area (Å²) in [7, 11) is -3.44. The highest BCUT2D eigenvalue weighted by atomic mass is 32.2. The molecule has 0 N–H and O–H groups in total. The highest BCUT2D eigenvalue weighted by molar-refractivity contribution is 7.89. The van der Waals surface area contributed by atoms with Crippen molar-refractivity contribution in [3.8, 4) is 22.1 Å². The lowest BCUT2D eigenvalue weighted by Gasteiger charge is -2.33. The van der Waals surface area contributed by atoms with Gasteiger partial charge in [-0.25, -0.2) is 13.4 Å². The summed E-state index contributed by atoms with van der Waals surface area (Å²) < 4.78 is 38.2. The van der Waals surface area contributed by atoms with E-state index in [0.29, 0.717) is 37.6 Å². The third-order valence-electron chi connectivity index (χ3n) is 5.55. The first-order chi connectivity index (χ1) is 15.0. The van der Waals surface area contributed by atoms with E-state index in [1.807, 2.05) is 37.3 Å². The molecule has 1 fully saturated rings. The quantitative estimate of drug-likeness (QED) is 0.585. The van der Waals surface area contributed by atoms with Crippen LogP contribution in [0.1, 0.15) is 11.3 Å². The maximum atomic E-state index is 12.9.